The maximum absolute atomic E-state index is 13.1. The molecule has 0 unspecified atom stereocenters. The molecule has 216 valence electrons. The van der Waals surface area contributed by atoms with Crippen LogP contribution >= 0.6 is 39.1 Å². The highest BCUT2D eigenvalue weighted by molar-refractivity contribution is 9.10. The highest BCUT2D eigenvalue weighted by Gasteiger charge is 2.22. The van der Waals surface area contributed by atoms with E-state index >= 15 is 0 Å². The molecule has 4 rings (SSSR count). The molecule has 12 heteroatoms. The Morgan fingerprint density at radius 3 is 2.46 bits per heavy atom. The van der Waals surface area contributed by atoms with Crippen molar-refractivity contribution in [2.45, 2.75) is 40.2 Å². The fourth-order valence-electron chi connectivity index (χ4n) is 3.91. The fourth-order valence-corrected chi connectivity index (χ4v) is 4.74. The van der Waals surface area contributed by atoms with Crippen molar-refractivity contribution in [3.8, 4) is 5.75 Å². The number of ether oxygens (including phenoxy) is 1. The van der Waals surface area contributed by atoms with Gasteiger partial charge in [-0.2, -0.15) is 0 Å². The monoisotopic (exact) mass is 666 g/mol. The number of hydrogen-bond acceptors (Lipinski definition) is 4. The Labute approximate surface area is 254 Å². The number of anilines is 1. The summed E-state index contributed by atoms with van der Waals surface area (Å²) in [4.78, 5) is 33.2. The van der Waals surface area contributed by atoms with Crippen LogP contribution in [0, 0.1) is 5.41 Å². The number of imidazole rings is 1. The third-order valence-corrected chi connectivity index (χ3v) is 7.43. The lowest BCUT2D eigenvalue weighted by Crippen LogP contribution is -2.34. The van der Waals surface area contributed by atoms with Crippen molar-refractivity contribution >= 4 is 67.7 Å². The van der Waals surface area contributed by atoms with Crippen molar-refractivity contribution in [1.82, 2.24) is 15.3 Å². The minimum absolute atomic E-state index is 0.0295. The van der Waals surface area contributed by atoms with Crippen LogP contribution in [0.2, 0.25) is 10.0 Å². The van der Waals surface area contributed by atoms with Gasteiger partial charge in [0.2, 0.25) is 5.91 Å². The van der Waals surface area contributed by atoms with Crippen molar-refractivity contribution < 1.29 is 23.1 Å². The molecule has 4 aromatic rings. The van der Waals surface area contributed by atoms with Gasteiger partial charge in [0.05, 0.1) is 21.6 Å². The molecule has 0 spiro atoms. The van der Waals surface area contributed by atoms with Gasteiger partial charge in [-0.15, -0.1) is 0 Å². The zero-order chi connectivity index (χ0) is 29.9. The van der Waals surface area contributed by atoms with Gasteiger partial charge < -0.3 is 20.4 Å². The molecule has 0 saturated heterocycles. The largest absolute Gasteiger partial charge is 0.487 e. The first-order chi connectivity index (χ1) is 19.3. The molecular weight excluding hydrogens is 641 g/mol. The van der Waals surface area contributed by atoms with Gasteiger partial charge in [-0.25, -0.2) is 13.8 Å². The van der Waals surface area contributed by atoms with Gasteiger partial charge in [-0.05, 0) is 47.5 Å². The molecule has 0 saturated carbocycles. The molecule has 0 aliphatic rings. The quantitative estimate of drug-likeness (QED) is 0.170. The van der Waals surface area contributed by atoms with E-state index in [2.05, 4.69) is 36.5 Å². The van der Waals surface area contributed by atoms with Gasteiger partial charge in [-0.1, -0.05) is 66.0 Å². The average Bonchev–Trinajstić information content (AvgIpc) is 3.30. The Balaban J connectivity index is 1.63. The molecule has 3 aromatic carbocycles. The Hall–Kier alpha value is -3.21. The SMILES string of the molecule is CC(C)(C)C(=O)NCc1ccc(Cl)c(Cc2nc3cc(OCC(F)F)c(C(=O)Nc4ccc(Br)cc4)cc3[nH]2)c1Cl. The van der Waals surface area contributed by atoms with Gasteiger partial charge in [0.25, 0.3) is 12.3 Å². The standard InChI is InChI=1S/C29H27BrCl2F2N4O3/c1-29(2,3)28(40)35-13-15-4-9-20(31)18(26(15)32)11-25-37-21-10-19(23(12-22(21)38-25)41-14-24(33)34)27(39)36-17-7-5-16(30)6-8-17/h4-10,12,24H,11,13-14H2,1-3H3,(H,35,40)(H,36,39)(H,37,38). The van der Waals surface area contributed by atoms with E-state index in [-0.39, 0.29) is 30.2 Å². The van der Waals surface area contributed by atoms with E-state index in [4.69, 9.17) is 27.9 Å². The number of rotatable bonds is 9. The van der Waals surface area contributed by atoms with Gasteiger partial charge in [0.1, 0.15) is 18.2 Å². The zero-order valence-corrected chi connectivity index (χ0v) is 25.5. The molecule has 0 radical (unpaired) electrons. The second-order valence-electron chi connectivity index (χ2n) is 10.3. The number of aromatic amines is 1. The first-order valence-corrected chi connectivity index (χ1v) is 14.1. The average molecular weight is 668 g/mol. The van der Waals surface area contributed by atoms with Crippen molar-refractivity contribution in [3.05, 3.63) is 85.6 Å². The van der Waals surface area contributed by atoms with Crippen LogP contribution in [-0.4, -0.2) is 34.8 Å². The van der Waals surface area contributed by atoms with E-state index in [1.165, 1.54) is 12.1 Å². The number of hydrogen-bond donors (Lipinski definition) is 3. The van der Waals surface area contributed by atoms with Crippen LogP contribution in [-0.2, 0) is 17.8 Å². The van der Waals surface area contributed by atoms with Gasteiger partial charge in [0, 0.05) is 39.6 Å². The molecule has 0 aliphatic carbocycles. The third-order valence-electron chi connectivity index (χ3n) is 6.07. The second-order valence-corrected chi connectivity index (χ2v) is 12.0. The van der Waals surface area contributed by atoms with E-state index in [0.717, 1.165) is 4.47 Å². The molecule has 0 bridgehead atoms. The Morgan fingerprint density at radius 1 is 1.10 bits per heavy atom. The summed E-state index contributed by atoms with van der Waals surface area (Å²) in [6.07, 6.45) is -2.52. The number of amides is 2. The Kier molecular flexibility index (Phi) is 9.56. The van der Waals surface area contributed by atoms with Crippen molar-refractivity contribution in [2.24, 2.45) is 5.41 Å². The minimum Gasteiger partial charge on any atom is -0.487 e. The summed E-state index contributed by atoms with van der Waals surface area (Å²) in [5.74, 6) is -0.207. The molecule has 0 aliphatic heterocycles. The van der Waals surface area contributed by atoms with E-state index in [1.54, 1.807) is 36.4 Å². The molecular formula is C29H27BrCl2F2N4O3. The molecule has 7 nitrogen and oxygen atoms in total. The van der Waals surface area contributed by atoms with E-state index in [9.17, 15) is 18.4 Å². The number of H-pyrrole nitrogens is 1. The van der Waals surface area contributed by atoms with Crippen molar-refractivity contribution in [3.63, 3.8) is 0 Å². The number of nitrogens with one attached hydrogen (secondary N) is 3. The highest BCUT2D eigenvalue weighted by Crippen LogP contribution is 2.32. The first kappa shape index (κ1) is 30.7. The molecule has 41 heavy (non-hydrogen) atoms. The molecule has 3 N–H and O–H groups in total. The number of benzene rings is 3. The molecule has 0 atom stereocenters. The van der Waals surface area contributed by atoms with E-state index in [0.29, 0.717) is 43.7 Å². The summed E-state index contributed by atoms with van der Waals surface area (Å²) < 4.78 is 32.1. The number of nitrogens with zero attached hydrogens (tertiary/aromatic N) is 1. The van der Waals surface area contributed by atoms with Crippen molar-refractivity contribution in [2.75, 3.05) is 11.9 Å². The highest BCUT2D eigenvalue weighted by atomic mass is 79.9. The lowest BCUT2D eigenvalue weighted by molar-refractivity contribution is -0.128. The normalized spacial score (nSPS) is 11.6. The maximum atomic E-state index is 13.1. The number of carbonyl (C=O) groups is 2. The van der Waals surface area contributed by atoms with Crippen LogP contribution < -0.4 is 15.4 Å². The van der Waals surface area contributed by atoms with Crippen LogP contribution in [0.25, 0.3) is 11.0 Å². The van der Waals surface area contributed by atoms with E-state index < -0.39 is 24.4 Å². The first-order valence-electron chi connectivity index (χ1n) is 12.6. The van der Waals surface area contributed by atoms with E-state index in [1.807, 2.05) is 20.8 Å². The van der Waals surface area contributed by atoms with Gasteiger partial charge in [0.15, 0.2) is 0 Å². The summed E-state index contributed by atoms with van der Waals surface area (Å²) in [6.45, 7) is 4.79. The summed E-state index contributed by atoms with van der Waals surface area (Å²) in [5.41, 5.74) is 2.21. The maximum Gasteiger partial charge on any atom is 0.272 e. The number of halogens is 5. The van der Waals surface area contributed by atoms with Crippen LogP contribution in [0.4, 0.5) is 14.5 Å². The predicted octanol–water partition coefficient (Wildman–Crippen LogP) is 7.78. The van der Waals surface area contributed by atoms with Gasteiger partial charge >= 0.3 is 0 Å². The number of fused-ring (bicyclic) bond motifs is 1. The Bertz CT molecular complexity index is 1590. The lowest BCUT2D eigenvalue weighted by Gasteiger charge is -2.18. The summed E-state index contributed by atoms with van der Waals surface area (Å²) in [5, 5.41) is 6.43. The Morgan fingerprint density at radius 2 is 1.80 bits per heavy atom. The molecule has 2 amide bonds. The van der Waals surface area contributed by atoms with Crippen LogP contribution in [0.5, 0.6) is 5.75 Å². The second kappa shape index (κ2) is 12.8. The lowest BCUT2D eigenvalue weighted by atomic mass is 9.95. The summed E-state index contributed by atoms with van der Waals surface area (Å²) in [7, 11) is 0. The number of carbonyl (C=O) groups excluding carboxylic acids is 2. The summed E-state index contributed by atoms with van der Waals surface area (Å²) in [6, 6.07) is 13.3. The predicted molar refractivity (Wildman–Crippen MR) is 160 cm³/mol. The van der Waals surface area contributed by atoms with Crippen LogP contribution in [0.3, 0.4) is 0 Å². The number of alkyl halides is 2. The number of aromatic nitrogens is 2. The zero-order valence-electron chi connectivity index (χ0n) is 22.4. The minimum atomic E-state index is -2.73. The van der Waals surface area contributed by atoms with Crippen LogP contribution in [0.15, 0.2) is 53.0 Å². The third kappa shape index (κ3) is 7.75. The van der Waals surface area contributed by atoms with Gasteiger partial charge in [-0.3, -0.25) is 9.59 Å². The smallest absolute Gasteiger partial charge is 0.272 e. The molecule has 1 aromatic heterocycles. The molecule has 0 fully saturated rings. The van der Waals surface area contributed by atoms with Crippen LogP contribution in [0.1, 0.15) is 48.1 Å². The fraction of sp³-hybridized carbons (Fsp3) is 0.276. The topological polar surface area (TPSA) is 96.1 Å². The van der Waals surface area contributed by atoms with Crippen molar-refractivity contribution in [1.29, 1.82) is 0 Å². The summed E-state index contributed by atoms with van der Waals surface area (Å²) >= 11 is 16.5. The molecule has 1 heterocycles.